The summed E-state index contributed by atoms with van der Waals surface area (Å²) in [6, 6.07) is 19.9. The minimum Gasteiger partial charge on any atom is -0.302 e. The second kappa shape index (κ2) is 8.53. The van der Waals surface area contributed by atoms with Gasteiger partial charge in [0.2, 0.25) is 0 Å². The van der Waals surface area contributed by atoms with Gasteiger partial charge in [-0.2, -0.15) is 0 Å². The normalized spacial score (nSPS) is 13.8. The van der Waals surface area contributed by atoms with E-state index in [2.05, 4.69) is 33.1 Å². The molecule has 0 aliphatic rings. The molecule has 0 fully saturated rings. The van der Waals surface area contributed by atoms with Crippen LogP contribution in [0.4, 0.5) is 0 Å². The highest BCUT2D eigenvalue weighted by molar-refractivity contribution is 9.09. The number of rotatable bonds is 8. The number of halogens is 1. The highest BCUT2D eigenvalue weighted by Gasteiger charge is 2.23. The summed E-state index contributed by atoms with van der Waals surface area (Å²) in [4.78, 5) is 0. The molecule has 2 aromatic carbocycles. The Morgan fingerprint density at radius 1 is 0.905 bits per heavy atom. The first kappa shape index (κ1) is 16.5. The van der Waals surface area contributed by atoms with Crippen LogP contribution in [0.2, 0.25) is 0 Å². The zero-order chi connectivity index (χ0) is 15.0. The molecule has 0 spiro atoms. The molecule has 2 nitrogen and oxygen atoms in total. The van der Waals surface area contributed by atoms with E-state index in [0.717, 1.165) is 29.0 Å². The van der Waals surface area contributed by atoms with Gasteiger partial charge in [0.15, 0.2) is 7.29 Å². The summed E-state index contributed by atoms with van der Waals surface area (Å²) < 4.78 is 13.3. The van der Waals surface area contributed by atoms with Crippen LogP contribution in [0.15, 0.2) is 60.7 Å². The Bertz CT molecular complexity index is 574. The van der Waals surface area contributed by atoms with E-state index in [4.69, 9.17) is 0 Å². The maximum atomic E-state index is 13.3. The monoisotopic (exact) mass is 365 g/mol. The first-order chi connectivity index (χ1) is 10.2. The van der Waals surface area contributed by atoms with Crippen molar-refractivity contribution in [1.82, 2.24) is 5.09 Å². The highest BCUT2D eigenvalue weighted by atomic mass is 79.9. The van der Waals surface area contributed by atoms with E-state index in [1.54, 1.807) is 0 Å². The largest absolute Gasteiger partial charge is 0.302 e. The van der Waals surface area contributed by atoms with E-state index in [1.165, 1.54) is 0 Å². The lowest BCUT2D eigenvalue weighted by Gasteiger charge is -2.20. The van der Waals surface area contributed by atoms with Gasteiger partial charge in [0, 0.05) is 23.3 Å². The van der Waals surface area contributed by atoms with Gasteiger partial charge in [-0.25, -0.2) is 0 Å². The zero-order valence-electron chi connectivity index (χ0n) is 12.0. The zero-order valence-corrected chi connectivity index (χ0v) is 14.5. The second-order valence-electron chi connectivity index (χ2n) is 5.02. The van der Waals surface area contributed by atoms with Gasteiger partial charge in [0.05, 0.1) is 0 Å². The fourth-order valence-electron chi connectivity index (χ4n) is 2.21. The van der Waals surface area contributed by atoms with E-state index in [-0.39, 0.29) is 0 Å². The number of hydrogen-bond donors (Lipinski definition) is 1. The van der Waals surface area contributed by atoms with Crippen molar-refractivity contribution in [3.8, 4) is 0 Å². The number of unbranched alkanes of at least 4 members (excludes halogenated alkanes) is 1. The Balaban J connectivity index is 2.10. The van der Waals surface area contributed by atoms with E-state index < -0.39 is 7.29 Å². The number of nitrogens with one attached hydrogen (secondary N) is 1. The standard InChI is InChI=1S/C17H21BrNOP/c18-13-7-8-14-21(20,17-11-5-2-6-12-17)19-15-16-9-3-1-4-10-16/h1-6,9-12H,7-8,13-15H2,(H,19,20)/t21-/m0/s1. The van der Waals surface area contributed by atoms with Crippen LogP contribution in [-0.4, -0.2) is 11.5 Å². The maximum absolute atomic E-state index is 13.3. The van der Waals surface area contributed by atoms with Crippen molar-refractivity contribution in [2.45, 2.75) is 19.4 Å². The van der Waals surface area contributed by atoms with Crippen molar-refractivity contribution in [2.75, 3.05) is 11.5 Å². The lowest BCUT2D eigenvalue weighted by molar-refractivity contribution is 0.569. The molecule has 0 bridgehead atoms. The maximum Gasteiger partial charge on any atom is 0.176 e. The van der Waals surface area contributed by atoms with Crippen LogP contribution in [-0.2, 0) is 11.1 Å². The van der Waals surface area contributed by atoms with Gasteiger partial charge < -0.3 is 4.57 Å². The molecule has 0 amide bonds. The van der Waals surface area contributed by atoms with E-state index >= 15 is 0 Å². The average molecular weight is 366 g/mol. The second-order valence-corrected chi connectivity index (χ2v) is 8.57. The smallest absolute Gasteiger partial charge is 0.176 e. The summed E-state index contributed by atoms with van der Waals surface area (Å²) >= 11 is 3.44. The molecule has 2 aromatic rings. The summed E-state index contributed by atoms with van der Waals surface area (Å²) in [5.41, 5.74) is 1.16. The number of alkyl halides is 1. The molecule has 21 heavy (non-hydrogen) atoms. The summed E-state index contributed by atoms with van der Waals surface area (Å²) in [5, 5.41) is 5.21. The molecule has 1 atom stereocenters. The lowest BCUT2D eigenvalue weighted by atomic mass is 10.2. The molecule has 1 N–H and O–H groups in total. The van der Waals surface area contributed by atoms with Gasteiger partial charge in [0.25, 0.3) is 0 Å². The fourth-order valence-corrected chi connectivity index (χ4v) is 4.97. The molecular formula is C17H21BrNOP. The Kier molecular flexibility index (Phi) is 6.69. The van der Waals surface area contributed by atoms with Crippen LogP contribution in [0.5, 0.6) is 0 Å². The van der Waals surface area contributed by atoms with Crippen LogP contribution in [0.1, 0.15) is 18.4 Å². The van der Waals surface area contributed by atoms with Crippen molar-refractivity contribution < 1.29 is 4.57 Å². The molecule has 0 aliphatic heterocycles. The number of hydrogen-bond acceptors (Lipinski definition) is 1. The molecule has 112 valence electrons. The van der Waals surface area contributed by atoms with Crippen molar-refractivity contribution >= 4 is 28.5 Å². The molecular weight excluding hydrogens is 345 g/mol. The van der Waals surface area contributed by atoms with Gasteiger partial charge in [0.1, 0.15) is 0 Å². The quantitative estimate of drug-likeness (QED) is 0.422. The Morgan fingerprint density at radius 2 is 1.52 bits per heavy atom. The number of benzene rings is 2. The Labute approximate surface area is 135 Å². The first-order valence-corrected chi connectivity index (χ1v) is 10.3. The summed E-state index contributed by atoms with van der Waals surface area (Å²) in [7, 11) is -2.54. The third-order valence-electron chi connectivity index (χ3n) is 3.41. The van der Waals surface area contributed by atoms with Crippen LogP contribution < -0.4 is 10.4 Å². The van der Waals surface area contributed by atoms with Crippen molar-refractivity contribution in [3.63, 3.8) is 0 Å². The summed E-state index contributed by atoms with van der Waals surface area (Å²) in [5.74, 6) is 0. The van der Waals surface area contributed by atoms with Gasteiger partial charge in [-0.3, -0.25) is 5.09 Å². The molecule has 0 aromatic heterocycles. The lowest BCUT2D eigenvalue weighted by Crippen LogP contribution is -2.21. The van der Waals surface area contributed by atoms with Crippen molar-refractivity contribution in [2.24, 2.45) is 0 Å². The topological polar surface area (TPSA) is 29.1 Å². The van der Waals surface area contributed by atoms with Crippen LogP contribution in [0.3, 0.4) is 0 Å². The average Bonchev–Trinajstić information content (AvgIpc) is 2.55. The van der Waals surface area contributed by atoms with Crippen molar-refractivity contribution in [3.05, 3.63) is 66.2 Å². The summed E-state index contributed by atoms with van der Waals surface area (Å²) in [6.45, 7) is 0.640. The predicted octanol–water partition coefficient (Wildman–Crippen LogP) is 4.55. The first-order valence-electron chi connectivity index (χ1n) is 7.24. The fraction of sp³-hybridized carbons (Fsp3) is 0.294. The molecule has 0 unspecified atom stereocenters. The molecule has 0 heterocycles. The van der Waals surface area contributed by atoms with Crippen LogP contribution >= 0.6 is 23.2 Å². The van der Waals surface area contributed by atoms with Gasteiger partial charge in [-0.15, -0.1) is 0 Å². The van der Waals surface area contributed by atoms with Gasteiger partial charge in [-0.1, -0.05) is 76.6 Å². The molecule has 0 radical (unpaired) electrons. The van der Waals surface area contributed by atoms with Gasteiger partial charge >= 0.3 is 0 Å². The minimum atomic E-state index is -2.54. The van der Waals surface area contributed by atoms with E-state index in [1.807, 2.05) is 48.5 Å². The van der Waals surface area contributed by atoms with E-state index in [9.17, 15) is 4.57 Å². The molecule has 4 heteroatoms. The Hall–Kier alpha value is -0.890. The van der Waals surface area contributed by atoms with Gasteiger partial charge in [-0.05, 0) is 18.4 Å². The molecule has 2 rings (SSSR count). The predicted molar refractivity (Wildman–Crippen MR) is 94.9 cm³/mol. The minimum absolute atomic E-state index is 0.640. The van der Waals surface area contributed by atoms with Crippen LogP contribution in [0.25, 0.3) is 0 Å². The molecule has 0 saturated heterocycles. The molecule has 0 aliphatic carbocycles. The van der Waals surface area contributed by atoms with E-state index in [0.29, 0.717) is 12.7 Å². The Morgan fingerprint density at radius 3 is 2.14 bits per heavy atom. The highest BCUT2D eigenvalue weighted by Crippen LogP contribution is 2.41. The third kappa shape index (κ3) is 5.10. The third-order valence-corrected chi connectivity index (χ3v) is 6.72. The SMILES string of the molecule is O=[P@](CCCCBr)(NCc1ccccc1)c1ccccc1. The summed E-state index contributed by atoms with van der Waals surface area (Å²) in [6.07, 6.45) is 2.71. The molecule has 0 saturated carbocycles. The van der Waals surface area contributed by atoms with Crippen molar-refractivity contribution in [1.29, 1.82) is 0 Å². The van der Waals surface area contributed by atoms with Crippen LogP contribution in [0, 0.1) is 0 Å².